The first-order valence-electron chi connectivity index (χ1n) is 8.43. The maximum Gasteiger partial charge on any atom is 0.416 e. The Hall–Kier alpha value is -2.35. The Morgan fingerprint density at radius 1 is 1.07 bits per heavy atom. The molecule has 0 atom stereocenters. The van der Waals surface area contributed by atoms with Crippen molar-refractivity contribution >= 4 is 17.5 Å². The van der Waals surface area contributed by atoms with Crippen LogP contribution in [0.5, 0.6) is 6.01 Å². The smallest absolute Gasteiger partial charge is 0.416 e. The molecule has 1 N–H and O–H groups in total. The molecule has 0 aliphatic heterocycles. The van der Waals surface area contributed by atoms with E-state index < -0.39 is 11.7 Å². The summed E-state index contributed by atoms with van der Waals surface area (Å²) in [6.07, 6.45) is 1.27. The van der Waals surface area contributed by atoms with Crippen LogP contribution in [-0.2, 0) is 6.18 Å². The van der Waals surface area contributed by atoms with E-state index in [0.717, 1.165) is 12.1 Å². The summed E-state index contributed by atoms with van der Waals surface area (Å²) in [6.45, 7) is 0. The third-order valence-corrected chi connectivity index (χ3v) is 4.55. The lowest BCUT2D eigenvalue weighted by Crippen LogP contribution is -2.39. The molecule has 0 spiro atoms. The van der Waals surface area contributed by atoms with Crippen LogP contribution < -0.4 is 10.1 Å². The first kappa shape index (κ1) is 19.4. The Morgan fingerprint density at radius 2 is 1.67 bits per heavy atom. The Morgan fingerprint density at radius 3 is 2.22 bits per heavy atom. The molecule has 0 unspecified atom stereocenters. The molecule has 9 heteroatoms. The predicted octanol–water partition coefficient (Wildman–Crippen LogP) is 4.27. The molecule has 144 valence electrons. The summed E-state index contributed by atoms with van der Waals surface area (Å²) in [6, 6.07) is 4.40. The van der Waals surface area contributed by atoms with Gasteiger partial charge >= 0.3 is 12.2 Å². The van der Waals surface area contributed by atoms with E-state index in [1.807, 2.05) is 0 Å². The van der Waals surface area contributed by atoms with Gasteiger partial charge in [0.05, 0.1) is 23.0 Å². The number of hydrogen-bond acceptors (Lipinski definition) is 4. The average Bonchev–Trinajstić information content (AvgIpc) is 2.64. The highest BCUT2D eigenvalue weighted by Crippen LogP contribution is 2.29. The zero-order valence-electron chi connectivity index (χ0n) is 14.2. The number of nitrogens with zero attached hydrogens (tertiary/aromatic N) is 2. The molecule has 1 aliphatic rings. The van der Waals surface area contributed by atoms with Gasteiger partial charge in [-0.15, -0.1) is 0 Å². The quantitative estimate of drug-likeness (QED) is 0.834. The van der Waals surface area contributed by atoms with Crippen LogP contribution in [-0.4, -0.2) is 28.0 Å². The fourth-order valence-electron chi connectivity index (χ4n) is 2.91. The summed E-state index contributed by atoms with van der Waals surface area (Å²) in [4.78, 5) is 20.2. The highest BCUT2D eigenvalue weighted by atomic mass is 35.5. The lowest BCUT2D eigenvalue weighted by Gasteiger charge is -2.28. The van der Waals surface area contributed by atoms with Gasteiger partial charge in [-0.3, -0.25) is 4.79 Å². The molecule has 0 bridgehead atoms. The molecule has 1 fully saturated rings. The molecule has 0 radical (unpaired) electrons. The van der Waals surface area contributed by atoms with E-state index in [1.54, 1.807) is 0 Å². The number of alkyl halides is 3. The average molecular weight is 400 g/mol. The van der Waals surface area contributed by atoms with Crippen molar-refractivity contribution in [2.75, 3.05) is 0 Å². The highest BCUT2D eigenvalue weighted by molar-refractivity contribution is 6.30. The van der Waals surface area contributed by atoms with E-state index in [4.69, 9.17) is 16.3 Å². The minimum absolute atomic E-state index is 0.0502. The molecule has 1 heterocycles. The van der Waals surface area contributed by atoms with Gasteiger partial charge in [0.15, 0.2) is 0 Å². The fourth-order valence-corrected chi connectivity index (χ4v) is 3.01. The second-order valence-electron chi connectivity index (χ2n) is 6.32. The zero-order valence-corrected chi connectivity index (χ0v) is 14.9. The van der Waals surface area contributed by atoms with Crippen LogP contribution in [0.3, 0.4) is 0 Å². The molecule has 2 aromatic rings. The number of halogens is 4. The van der Waals surface area contributed by atoms with Gasteiger partial charge in [0, 0.05) is 11.6 Å². The Balaban J connectivity index is 1.48. The molecule has 1 amide bonds. The van der Waals surface area contributed by atoms with Crippen molar-refractivity contribution < 1.29 is 22.7 Å². The van der Waals surface area contributed by atoms with Crippen molar-refractivity contribution in [3.05, 3.63) is 52.8 Å². The van der Waals surface area contributed by atoms with Gasteiger partial charge in [0.25, 0.3) is 5.91 Å². The molecule has 27 heavy (non-hydrogen) atoms. The molecule has 1 aliphatic carbocycles. The van der Waals surface area contributed by atoms with Crippen LogP contribution >= 0.6 is 11.6 Å². The van der Waals surface area contributed by atoms with Gasteiger partial charge in [-0.25, -0.2) is 9.97 Å². The number of carbonyl (C=O) groups excluding carboxylic acids is 1. The molecule has 5 nitrogen and oxygen atoms in total. The summed E-state index contributed by atoms with van der Waals surface area (Å²) >= 11 is 5.73. The van der Waals surface area contributed by atoms with Crippen LogP contribution in [0.4, 0.5) is 13.2 Å². The maximum absolute atomic E-state index is 12.6. The van der Waals surface area contributed by atoms with Crippen molar-refractivity contribution in [1.82, 2.24) is 15.3 Å². The number of nitrogens with one attached hydrogen (secondary N) is 1. The largest absolute Gasteiger partial charge is 0.460 e. The van der Waals surface area contributed by atoms with E-state index in [9.17, 15) is 18.0 Å². The number of carbonyl (C=O) groups is 1. The summed E-state index contributed by atoms with van der Waals surface area (Å²) in [5.74, 6) is -0.380. The maximum atomic E-state index is 12.6. The molecule has 0 saturated heterocycles. The zero-order chi connectivity index (χ0) is 19.4. The topological polar surface area (TPSA) is 64.1 Å². The van der Waals surface area contributed by atoms with Crippen LogP contribution in [0.15, 0.2) is 36.7 Å². The second kappa shape index (κ2) is 8.12. The van der Waals surface area contributed by atoms with E-state index in [-0.39, 0.29) is 29.6 Å². The van der Waals surface area contributed by atoms with Gasteiger partial charge in [-0.1, -0.05) is 11.6 Å². The Bertz CT molecular complexity index is 774. The van der Waals surface area contributed by atoms with Crippen molar-refractivity contribution in [3.63, 3.8) is 0 Å². The molecular formula is C18H17ClF3N3O2. The van der Waals surface area contributed by atoms with E-state index in [1.165, 1.54) is 24.5 Å². The van der Waals surface area contributed by atoms with Crippen LogP contribution in [0.2, 0.25) is 5.02 Å². The first-order chi connectivity index (χ1) is 12.8. The molecule has 1 aromatic carbocycles. The SMILES string of the molecule is O=C(NC1CCC(Oc2ncc(Cl)cn2)CC1)c1ccc(C(F)(F)F)cc1. The number of hydrogen-bond donors (Lipinski definition) is 1. The van der Waals surface area contributed by atoms with Gasteiger partial charge in [-0.2, -0.15) is 13.2 Å². The second-order valence-corrected chi connectivity index (χ2v) is 6.76. The lowest BCUT2D eigenvalue weighted by atomic mass is 9.92. The molecule has 3 rings (SSSR count). The van der Waals surface area contributed by atoms with Gasteiger partial charge in [0.1, 0.15) is 6.10 Å². The normalized spacial score (nSPS) is 20.1. The van der Waals surface area contributed by atoms with E-state index in [0.29, 0.717) is 30.7 Å². The van der Waals surface area contributed by atoms with Crippen LogP contribution in [0.1, 0.15) is 41.6 Å². The van der Waals surface area contributed by atoms with E-state index in [2.05, 4.69) is 15.3 Å². The number of amides is 1. The number of rotatable bonds is 4. The standard InChI is InChI=1S/C18H17ClF3N3O2/c19-13-9-23-17(24-10-13)27-15-7-5-14(6-8-15)25-16(26)11-1-3-12(4-2-11)18(20,21)22/h1-4,9-10,14-15H,5-8H2,(H,25,26). The van der Waals surface area contributed by atoms with Crippen molar-refractivity contribution in [2.45, 2.75) is 44.0 Å². The van der Waals surface area contributed by atoms with Crippen molar-refractivity contribution in [1.29, 1.82) is 0 Å². The van der Waals surface area contributed by atoms with E-state index >= 15 is 0 Å². The van der Waals surface area contributed by atoms with Crippen LogP contribution in [0.25, 0.3) is 0 Å². The number of ether oxygens (including phenoxy) is 1. The molecular weight excluding hydrogens is 383 g/mol. The summed E-state index contributed by atoms with van der Waals surface area (Å²) in [5.41, 5.74) is -0.572. The summed E-state index contributed by atoms with van der Waals surface area (Å²) in [7, 11) is 0. The number of benzene rings is 1. The highest BCUT2D eigenvalue weighted by Gasteiger charge is 2.30. The minimum atomic E-state index is -4.42. The van der Waals surface area contributed by atoms with Crippen molar-refractivity contribution in [2.24, 2.45) is 0 Å². The number of aromatic nitrogens is 2. The lowest BCUT2D eigenvalue weighted by molar-refractivity contribution is -0.137. The molecule has 1 saturated carbocycles. The minimum Gasteiger partial charge on any atom is -0.460 e. The fraction of sp³-hybridized carbons (Fsp3) is 0.389. The summed E-state index contributed by atoms with van der Waals surface area (Å²) in [5, 5.41) is 3.29. The molecule has 1 aromatic heterocycles. The van der Waals surface area contributed by atoms with Gasteiger partial charge in [-0.05, 0) is 49.9 Å². The third kappa shape index (κ3) is 5.32. The Kier molecular flexibility index (Phi) is 5.84. The first-order valence-corrected chi connectivity index (χ1v) is 8.81. The van der Waals surface area contributed by atoms with Gasteiger partial charge < -0.3 is 10.1 Å². The van der Waals surface area contributed by atoms with Crippen molar-refractivity contribution in [3.8, 4) is 6.01 Å². The van der Waals surface area contributed by atoms with Gasteiger partial charge in [0.2, 0.25) is 0 Å². The predicted molar refractivity (Wildman–Crippen MR) is 92.6 cm³/mol. The van der Waals surface area contributed by atoms with Crippen LogP contribution in [0, 0.1) is 0 Å². The monoisotopic (exact) mass is 399 g/mol. The third-order valence-electron chi connectivity index (χ3n) is 4.35. The Labute approximate surface area is 158 Å². The summed E-state index contributed by atoms with van der Waals surface area (Å²) < 4.78 is 43.4.